The van der Waals surface area contributed by atoms with E-state index in [1.807, 2.05) is 32.0 Å². The van der Waals surface area contributed by atoms with Crippen molar-refractivity contribution in [3.8, 4) is 23.6 Å². The Hall–Kier alpha value is -3.93. The molecule has 1 aromatic carbocycles. The molecule has 0 amide bonds. The van der Waals surface area contributed by atoms with Crippen molar-refractivity contribution in [3.63, 3.8) is 0 Å². The van der Waals surface area contributed by atoms with Crippen molar-refractivity contribution in [2.75, 3.05) is 0 Å². The molecule has 0 fully saturated rings. The van der Waals surface area contributed by atoms with E-state index in [0.717, 1.165) is 28.7 Å². The largest absolute Gasteiger partial charge is 0.435 e. The maximum atomic E-state index is 13.7. The minimum Gasteiger partial charge on any atom is -0.296 e. The Labute approximate surface area is 200 Å². The highest BCUT2D eigenvalue weighted by Crippen LogP contribution is 2.36. The van der Waals surface area contributed by atoms with E-state index in [-0.39, 0.29) is 23.6 Å². The Morgan fingerprint density at radius 1 is 1.23 bits per heavy atom. The van der Waals surface area contributed by atoms with Crippen molar-refractivity contribution in [2.24, 2.45) is 0 Å². The van der Waals surface area contributed by atoms with Crippen LogP contribution in [0.2, 0.25) is 0 Å². The fourth-order valence-corrected chi connectivity index (χ4v) is 4.10. The van der Waals surface area contributed by atoms with Gasteiger partial charge >= 0.3 is 6.18 Å². The van der Waals surface area contributed by atoms with E-state index in [0.29, 0.717) is 29.7 Å². The SMILES string of the molecule is C#CCn1cc(-c2cnc3c(Cc4ccc(C(=O)CCCC)c(C)c4)nccn23)c(C(F)(F)F)n1. The highest BCUT2D eigenvalue weighted by Gasteiger charge is 2.38. The van der Waals surface area contributed by atoms with Crippen LogP contribution in [-0.2, 0) is 19.1 Å². The van der Waals surface area contributed by atoms with Gasteiger partial charge in [0.25, 0.3) is 0 Å². The van der Waals surface area contributed by atoms with Crippen molar-refractivity contribution in [2.45, 2.75) is 52.3 Å². The van der Waals surface area contributed by atoms with Crippen LogP contribution in [0.5, 0.6) is 0 Å². The van der Waals surface area contributed by atoms with Crippen molar-refractivity contribution >= 4 is 11.4 Å². The number of terminal acetylenes is 1. The number of halogens is 3. The van der Waals surface area contributed by atoms with Gasteiger partial charge in [-0.15, -0.1) is 6.42 Å². The van der Waals surface area contributed by atoms with Gasteiger partial charge < -0.3 is 0 Å². The number of hydrogen-bond acceptors (Lipinski definition) is 4. The van der Waals surface area contributed by atoms with E-state index in [9.17, 15) is 18.0 Å². The molecule has 0 saturated heterocycles. The number of ketones is 1. The lowest BCUT2D eigenvalue weighted by molar-refractivity contribution is -0.141. The molecule has 3 aromatic heterocycles. The third-order valence-electron chi connectivity index (χ3n) is 5.78. The van der Waals surface area contributed by atoms with Crippen LogP contribution >= 0.6 is 0 Å². The molecule has 0 atom stereocenters. The standard InChI is InChI=1S/C26H24F3N5O/c1-4-6-7-23(35)19-9-8-18(13-17(19)3)14-21-25-31-15-22(34(25)12-10-30-21)20-16-33(11-5-2)32-24(20)26(27,28)29/h2,8-10,12-13,15-16H,4,6-7,11,14H2,1,3H3. The molecule has 0 aliphatic rings. The molecule has 9 heteroatoms. The molecule has 4 aromatic rings. The van der Waals surface area contributed by atoms with Crippen molar-refractivity contribution in [1.82, 2.24) is 24.1 Å². The zero-order valence-electron chi connectivity index (χ0n) is 19.4. The summed E-state index contributed by atoms with van der Waals surface area (Å²) in [5.74, 6) is 2.42. The molecule has 0 radical (unpaired) electrons. The maximum absolute atomic E-state index is 13.7. The summed E-state index contributed by atoms with van der Waals surface area (Å²) in [7, 11) is 0. The van der Waals surface area contributed by atoms with Crippen molar-refractivity contribution in [1.29, 1.82) is 0 Å². The first-order chi connectivity index (χ1) is 16.7. The van der Waals surface area contributed by atoms with E-state index < -0.39 is 11.9 Å². The molecule has 35 heavy (non-hydrogen) atoms. The second kappa shape index (κ2) is 9.74. The Morgan fingerprint density at radius 2 is 2.03 bits per heavy atom. The number of hydrogen-bond donors (Lipinski definition) is 0. The number of rotatable bonds is 8. The number of unbranched alkanes of at least 4 members (excludes halogenated alkanes) is 1. The summed E-state index contributed by atoms with van der Waals surface area (Å²) in [6.45, 7) is 3.87. The number of alkyl halides is 3. The van der Waals surface area contributed by atoms with Gasteiger partial charge in [0.05, 0.1) is 23.1 Å². The van der Waals surface area contributed by atoms with Crippen LogP contribution in [0.25, 0.3) is 16.9 Å². The van der Waals surface area contributed by atoms with Gasteiger partial charge in [-0.3, -0.25) is 18.9 Å². The van der Waals surface area contributed by atoms with E-state index >= 15 is 0 Å². The fraction of sp³-hybridized carbons (Fsp3) is 0.308. The van der Waals surface area contributed by atoms with Crippen LogP contribution in [0.15, 0.2) is 43.0 Å². The number of aromatic nitrogens is 5. The van der Waals surface area contributed by atoms with E-state index in [1.165, 1.54) is 18.6 Å². The van der Waals surface area contributed by atoms with Crippen LogP contribution in [0.1, 0.15) is 59.1 Å². The quantitative estimate of drug-likeness (QED) is 0.247. The summed E-state index contributed by atoms with van der Waals surface area (Å²) >= 11 is 0. The highest BCUT2D eigenvalue weighted by molar-refractivity contribution is 5.97. The van der Waals surface area contributed by atoms with Crippen LogP contribution in [-0.4, -0.2) is 29.9 Å². The molecule has 0 bridgehead atoms. The summed E-state index contributed by atoms with van der Waals surface area (Å²) in [5.41, 5.74) is 2.68. The van der Waals surface area contributed by atoms with Crippen molar-refractivity contribution in [3.05, 3.63) is 71.1 Å². The average molecular weight is 480 g/mol. The second-order valence-electron chi connectivity index (χ2n) is 8.35. The molecule has 0 spiro atoms. The zero-order valence-corrected chi connectivity index (χ0v) is 19.4. The van der Waals surface area contributed by atoms with Gasteiger partial charge in [-0.25, -0.2) is 4.98 Å². The number of carbonyl (C=O) groups is 1. The fourth-order valence-electron chi connectivity index (χ4n) is 4.10. The Bertz CT molecular complexity index is 1430. The predicted molar refractivity (Wildman–Crippen MR) is 126 cm³/mol. The van der Waals surface area contributed by atoms with Gasteiger partial charge in [0.15, 0.2) is 17.1 Å². The third kappa shape index (κ3) is 4.97. The molecule has 0 aliphatic heterocycles. The van der Waals surface area contributed by atoms with Crippen molar-refractivity contribution < 1.29 is 18.0 Å². The van der Waals surface area contributed by atoms with Gasteiger partial charge in [-0.1, -0.05) is 37.5 Å². The third-order valence-corrected chi connectivity index (χ3v) is 5.78. The summed E-state index contributed by atoms with van der Waals surface area (Å²) in [6.07, 6.45) is 9.11. The van der Waals surface area contributed by atoms with Gasteiger partial charge in [0, 0.05) is 37.0 Å². The molecule has 0 N–H and O–H groups in total. The van der Waals surface area contributed by atoms with Crippen LogP contribution in [0, 0.1) is 19.3 Å². The van der Waals surface area contributed by atoms with Crippen LogP contribution in [0.4, 0.5) is 13.2 Å². The molecule has 3 heterocycles. The summed E-state index contributed by atoms with van der Waals surface area (Å²) in [5, 5.41) is 3.64. The first-order valence-corrected chi connectivity index (χ1v) is 11.2. The normalized spacial score (nSPS) is 11.7. The first kappa shape index (κ1) is 24.2. The van der Waals surface area contributed by atoms with Crippen LogP contribution in [0.3, 0.4) is 0 Å². The van der Waals surface area contributed by atoms with Crippen LogP contribution < -0.4 is 0 Å². The molecule has 0 saturated carbocycles. The minimum absolute atomic E-state index is 0.0804. The highest BCUT2D eigenvalue weighted by atomic mass is 19.4. The lowest BCUT2D eigenvalue weighted by Gasteiger charge is -2.09. The molecule has 4 rings (SSSR count). The van der Waals surface area contributed by atoms with Gasteiger partial charge in [-0.2, -0.15) is 18.3 Å². The lowest BCUT2D eigenvalue weighted by atomic mass is 9.97. The lowest BCUT2D eigenvalue weighted by Crippen LogP contribution is -2.09. The summed E-state index contributed by atoms with van der Waals surface area (Å²) in [6, 6.07) is 5.65. The number of fused-ring (bicyclic) bond motifs is 1. The number of carbonyl (C=O) groups excluding carboxylic acids is 1. The topological polar surface area (TPSA) is 65.1 Å². The second-order valence-corrected chi connectivity index (χ2v) is 8.35. The summed E-state index contributed by atoms with van der Waals surface area (Å²) in [4.78, 5) is 21.2. The molecule has 0 aliphatic carbocycles. The van der Waals surface area contributed by atoms with Gasteiger partial charge in [-0.05, 0) is 24.5 Å². The van der Waals surface area contributed by atoms with E-state index in [1.54, 1.807) is 10.6 Å². The molecule has 0 unspecified atom stereocenters. The average Bonchev–Trinajstić information content (AvgIpc) is 3.42. The predicted octanol–water partition coefficient (Wildman–Crippen LogP) is 5.52. The van der Waals surface area contributed by atoms with Gasteiger partial charge in [0.2, 0.25) is 0 Å². The molecule has 180 valence electrons. The number of Topliss-reactive ketones (excluding diaryl/α,β-unsaturated/α-hetero) is 1. The van der Waals surface area contributed by atoms with Gasteiger partial charge in [0.1, 0.15) is 6.54 Å². The Morgan fingerprint density at radius 3 is 2.71 bits per heavy atom. The number of nitrogens with zero attached hydrogens (tertiary/aromatic N) is 5. The summed E-state index contributed by atoms with van der Waals surface area (Å²) < 4.78 is 43.7. The monoisotopic (exact) mass is 479 g/mol. The van der Waals surface area contributed by atoms with E-state index in [4.69, 9.17) is 6.42 Å². The molecular weight excluding hydrogens is 455 g/mol. The zero-order chi connectivity index (χ0) is 25.2. The van der Waals surface area contributed by atoms with E-state index in [2.05, 4.69) is 21.0 Å². The molecular formula is C26H24F3N5O. The number of imidazole rings is 1. The Balaban J connectivity index is 1.69. The number of benzene rings is 1. The number of aryl methyl sites for hydroxylation is 1. The minimum atomic E-state index is -4.65. The Kier molecular flexibility index (Phi) is 6.74. The molecule has 6 nitrogen and oxygen atoms in total. The maximum Gasteiger partial charge on any atom is 0.435 e. The smallest absolute Gasteiger partial charge is 0.296 e. The first-order valence-electron chi connectivity index (χ1n) is 11.2.